The third-order valence-electron chi connectivity index (χ3n) is 6.01. The summed E-state index contributed by atoms with van der Waals surface area (Å²) in [4.78, 5) is 17.4. The molecule has 1 unspecified atom stereocenters. The van der Waals surface area contributed by atoms with E-state index in [9.17, 15) is 0 Å². The van der Waals surface area contributed by atoms with Gasteiger partial charge in [-0.15, -0.1) is 11.3 Å². The molecule has 0 saturated carbocycles. The van der Waals surface area contributed by atoms with Gasteiger partial charge in [0, 0.05) is 30.4 Å². The maximum absolute atomic E-state index is 6.04. The fourth-order valence-electron chi connectivity index (χ4n) is 4.35. The lowest BCUT2D eigenvalue weighted by Crippen LogP contribution is -2.45. The molecule has 0 N–H and O–H groups in total. The van der Waals surface area contributed by atoms with Gasteiger partial charge in [0.1, 0.15) is 16.5 Å². The standard InChI is InChI=1S/C21H28N6OS/c1-15-16(2)29-21-19(15)20(23-18(24-21)14-25-7-3-4-8-25)26-10-11-28-17(12-26)13-27-9-5-6-22-27/h5-6,9,17H,3-4,7-8,10-14H2,1-2H3. The average molecular weight is 413 g/mol. The molecule has 1 atom stereocenters. The molecular formula is C21H28N6OS. The zero-order chi connectivity index (χ0) is 19.8. The van der Waals surface area contributed by atoms with Crippen molar-refractivity contribution in [2.24, 2.45) is 0 Å². The van der Waals surface area contributed by atoms with Crippen LogP contribution in [0.15, 0.2) is 18.5 Å². The Morgan fingerprint density at radius 2 is 2.03 bits per heavy atom. The van der Waals surface area contributed by atoms with Gasteiger partial charge >= 0.3 is 0 Å². The van der Waals surface area contributed by atoms with Gasteiger partial charge in [0.05, 0.1) is 31.2 Å². The highest BCUT2D eigenvalue weighted by Gasteiger charge is 2.26. The van der Waals surface area contributed by atoms with Crippen LogP contribution in [0.1, 0.15) is 29.1 Å². The smallest absolute Gasteiger partial charge is 0.146 e. The van der Waals surface area contributed by atoms with Crippen LogP contribution in [0.3, 0.4) is 0 Å². The SMILES string of the molecule is Cc1sc2nc(CN3CCCC3)nc(N3CCOC(Cn4cccn4)C3)c2c1C. The van der Waals surface area contributed by atoms with E-state index in [1.165, 1.54) is 28.7 Å². The fourth-order valence-corrected chi connectivity index (χ4v) is 5.39. The second-order valence-electron chi connectivity index (χ2n) is 8.08. The first-order valence-corrected chi connectivity index (χ1v) is 11.3. The predicted molar refractivity (Wildman–Crippen MR) is 116 cm³/mol. The largest absolute Gasteiger partial charge is 0.373 e. The fraction of sp³-hybridized carbons (Fsp3) is 0.571. The van der Waals surface area contributed by atoms with Gasteiger partial charge in [-0.05, 0) is 51.4 Å². The minimum absolute atomic E-state index is 0.107. The molecule has 2 aliphatic heterocycles. The van der Waals surface area contributed by atoms with Crippen molar-refractivity contribution in [1.29, 1.82) is 0 Å². The van der Waals surface area contributed by atoms with E-state index in [1.54, 1.807) is 11.3 Å². The van der Waals surface area contributed by atoms with E-state index in [-0.39, 0.29) is 6.10 Å². The number of ether oxygens (including phenoxy) is 1. The summed E-state index contributed by atoms with van der Waals surface area (Å²) in [6.07, 6.45) is 6.48. The highest BCUT2D eigenvalue weighted by Crippen LogP contribution is 2.36. The summed E-state index contributed by atoms with van der Waals surface area (Å²) in [5.41, 5.74) is 1.31. The summed E-state index contributed by atoms with van der Waals surface area (Å²) < 4.78 is 7.98. The molecule has 0 spiro atoms. The van der Waals surface area contributed by atoms with Crippen LogP contribution >= 0.6 is 11.3 Å². The van der Waals surface area contributed by atoms with E-state index in [0.29, 0.717) is 6.61 Å². The van der Waals surface area contributed by atoms with Crippen molar-refractivity contribution >= 4 is 27.4 Å². The van der Waals surface area contributed by atoms with Crippen molar-refractivity contribution in [2.45, 2.75) is 45.9 Å². The Balaban J connectivity index is 1.46. The van der Waals surface area contributed by atoms with Crippen LogP contribution in [-0.4, -0.2) is 63.5 Å². The number of fused-ring (bicyclic) bond motifs is 1. The van der Waals surface area contributed by atoms with Crippen LogP contribution in [-0.2, 0) is 17.8 Å². The monoisotopic (exact) mass is 412 g/mol. The molecule has 5 heterocycles. The van der Waals surface area contributed by atoms with Gasteiger partial charge < -0.3 is 9.64 Å². The lowest BCUT2D eigenvalue weighted by atomic mass is 10.2. The molecule has 0 radical (unpaired) electrons. The maximum Gasteiger partial charge on any atom is 0.146 e. The molecule has 2 aliphatic rings. The number of thiophene rings is 1. The molecule has 2 saturated heterocycles. The number of morpholine rings is 1. The number of nitrogens with zero attached hydrogens (tertiary/aromatic N) is 6. The second kappa shape index (κ2) is 8.01. The minimum atomic E-state index is 0.107. The first-order chi connectivity index (χ1) is 14.2. The molecule has 3 aromatic rings. The Hall–Kier alpha value is -2.03. The first-order valence-electron chi connectivity index (χ1n) is 10.5. The quantitative estimate of drug-likeness (QED) is 0.642. The van der Waals surface area contributed by atoms with Crippen molar-refractivity contribution in [3.05, 3.63) is 34.7 Å². The Morgan fingerprint density at radius 1 is 1.17 bits per heavy atom. The molecule has 0 bridgehead atoms. The van der Waals surface area contributed by atoms with Gasteiger partial charge in [-0.1, -0.05) is 0 Å². The van der Waals surface area contributed by atoms with E-state index >= 15 is 0 Å². The number of likely N-dealkylation sites (tertiary alicyclic amines) is 1. The van der Waals surface area contributed by atoms with Gasteiger partial charge in [0.25, 0.3) is 0 Å². The summed E-state index contributed by atoms with van der Waals surface area (Å²) in [6, 6.07) is 1.96. The normalized spacial score (nSPS) is 20.8. The van der Waals surface area contributed by atoms with Gasteiger partial charge in [-0.3, -0.25) is 9.58 Å². The molecule has 8 heteroatoms. The summed E-state index contributed by atoms with van der Waals surface area (Å²) in [6.45, 7) is 10.7. The Bertz CT molecular complexity index is 979. The van der Waals surface area contributed by atoms with E-state index in [1.807, 2.05) is 23.1 Å². The molecule has 5 rings (SSSR count). The van der Waals surface area contributed by atoms with Crippen LogP contribution in [0.4, 0.5) is 5.82 Å². The number of anilines is 1. The Morgan fingerprint density at radius 3 is 2.83 bits per heavy atom. The van der Waals surface area contributed by atoms with Crippen molar-refractivity contribution in [3.63, 3.8) is 0 Å². The number of hydrogen-bond donors (Lipinski definition) is 0. The second-order valence-corrected chi connectivity index (χ2v) is 9.28. The maximum atomic E-state index is 6.04. The summed E-state index contributed by atoms with van der Waals surface area (Å²) >= 11 is 1.79. The average Bonchev–Trinajstić information content (AvgIpc) is 3.46. The molecular weight excluding hydrogens is 384 g/mol. The van der Waals surface area contributed by atoms with Crippen LogP contribution in [0.25, 0.3) is 10.2 Å². The number of hydrogen-bond acceptors (Lipinski definition) is 7. The molecule has 29 heavy (non-hydrogen) atoms. The zero-order valence-electron chi connectivity index (χ0n) is 17.2. The van der Waals surface area contributed by atoms with Crippen LogP contribution in [0.2, 0.25) is 0 Å². The third kappa shape index (κ3) is 3.89. The molecule has 3 aromatic heterocycles. The summed E-state index contributed by atoms with van der Waals surface area (Å²) in [7, 11) is 0. The van der Waals surface area contributed by atoms with Crippen molar-refractivity contribution in [3.8, 4) is 0 Å². The molecule has 2 fully saturated rings. The lowest BCUT2D eigenvalue weighted by molar-refractivity contribution is 0.0272. The number of rotatable bonds is 5. The van der Waals surface area contributed by atoms with Crippen molar-refractivity contribution < 1.29 is 4.74 Å². The van der Waals surface area contributed by atoms with E-state index < -0.39 is 0 Å². The molecule has 0 aliphatic carbocycles. The van der Waals surface area contributed by atoms with E-state index in [2.05, 4.69) is 28.7 Å². The predicted octanol–water partition coefficient (Wildman–Crippen LogP) is 3.01. The Labute approximate surface area is 175 Å². The number of aryl methyl sites for hydroxylation is 2. The van der Waals surface area contributed by atoms with Gasteiger partial charge in [0.2, 0.25) is 0 Å². The minimum Gasteiger partial charge on any atom is -0.373 e. The van der Waals surface area contributed by atoms with Crippen LogP contribution in [0.5, 0.6) is 0 Å². The Kier molecular flexibility index (Phi) is 5.24. The third-order valence-corrected chi connectivity index (χ3v) is 7.11. The first kappa shape index (κ1) is 19.0. The molecule has 7 nitrogen and oxygen atoms in total. The molecule has 0 amide bonds. The molecule has 154 valence electrons. The number of aromatic nitrogens is 4. The summed E-state index contributed by atoms with van der Waals surface area (Å²) in [5, 5.41) is 5.56. The van der Waals surface area contributed by atoms with Gasteiger partial charge in [-0.2, -0.15) is 5.10 Å². The topological polar surface area (TPSA) is 59.3 Å². The highest BCUT2D eigenvalue weighted by molar-refractivity contribution is 7.18. The lowest BCUT2D eigenvalue weighted by Gasteiger charge is -2.34. The van der Waals surface area contributed by atoms with E-state index in [0.717, 1.165) is 55.7 Å². The van der Waals surface area contributed by atoms with Gasteiger partial charge in [0.15, 0.2) is 0 Å². The van der Waals surface area contributed by atoms with Crippen molar-refractivity contribution in [2.75, 3.05) is 37.7 Å². The molecule has 0 aromatic carbocycles. The summed E-state index contributed by atoms with van der Waals surface area (Å²) in [5.74, 6) is 2.03. The highest BCUT2D eigenvalue weighted by atomic mass is 32.1. The van der Waals surface area contributed by atoms with Crippen LogP contribution in [0, 0.1) is 13.8 Å². The van der Waals surface area contributed by atoms with Crippen molar-refractivity contribution in [1.82, 2.24) is 24.6 Å². The van der Waals surface area contributed by atoms with Crippen LogP contribution < -0.4 is 4.90 Å². The van der Waals surface area contributed by atoms with Gasteiger partial charge in [-0.25, -0.2) is 9.97 Å². The zero-order valence-corrected chi connectivity index (χ0v) is 18.0. The van der Waals surface area contributed by atoms with E-state index in [4.69, 9.17) is 14.7 Å².